The normalized spacial score (nSPS) is 11.2. The lowest BCUT2D eigenvalue weighted by molar-refractivity contribution is 0.415. The van der Waals surface area contributed by atoms with Gasteiger partial charge in [0.2, 0.25) is 5.06 Å². The molecule has 0 spiro atoms. The van der Waals surface area contributed by atoms with E-state index in [0.717, 1.165) is 4.88 Å². The Balaban J connectivity index is 2.67. The van der Waals surface area contributed by atoms with E-state index < -0.39 is 8.25 Å². The highest BCUT2D eigenvalue weighted by molar-refractivity contribution is 7.33. The minimum Gasteiger partial charge on any atom is -0.218 e. The van der Waals surface area contributed by atoms with Crippen LogP contribution in [-0.4, -0.2) is 4.89 Å². The standard InChI is InChI=1S/C5H5O3PS/c1-4-2-3-5(10-4)8-9(6)7/h2-3H,1H3/p+1. The molecule has 1 unspecified atom stereocenters. The van der Waals surface area contributed by atoms with E-state index in [2.05, 4.69) is 4.52 Å². The predicted octanol–water partition coefficient (Wildman–Crippen LogP) is 2.09. The van der Waals surface area contributed by atoms with Gasteiger partial charge in [0.1, 0.15) is 0 Å². The molecule has 1 aromatic rings. The summed E-state index contributed by atoms with van der Waals surface area (Å²) < 4.78 is 14.6. The van der Waals surface area contributed by atoms with E-state index in [0.29, 0.717) is 5.06 Å². The third-order valence-corrected chi connectivity index (χ3v) is 2.24. The molecule has 1 N–H and O–H groups in total. The van der Waals surface area contributed by atoms with Crippen molar-refractivity contribution in [3.8, 4) is 5.06 Å². The molecule has 1 rings (SSSR count). The fourth-order valence-electron chi connectivity index (χ4n) is 0.538. The van der Waals surface area contributed by atoms with Crippen molar-refractivity contribution < 1.29 is 14.0 Å². The van der Waals surface area contributed by atoms with Crippen molar-refractivity contribution in [2.75, 3.05) is 0 Å². The molecule has 1 atom stereocenters. The Morgan fingerprint density at radius 1 is 1.70 bits per heavy atom. The van der Waals surface area contributed by atoms with Gasteiger partial charge >= 0.3 is 8.25 Å². The van der Waals surface area contributed by atoms with E-state index in [1.165, 1.54) is 11.3 Å². The summed E-state index contributed by atoms with van der Waals surface area (Å²) in [6.07, 6.45) is 0. The number of thiophene rings is 1. The van der Waals surface area contributed by atoms with Crippen molar-refractivity contribution in [2.24, 2.45) is 0 Å². The van der Waals surface area contributed by atoms with Crippen molar-refractivity contribution in [2.45, 2.75) is 6.92 Å². The van der Waals surface area contributed by atoms with Gasteiger partial charge in [-0.15, -0.1) is 4.89 Å². The molecule has 0 bridgehead atoms. The van der Waals surface area contributed by atoms with Crippen molar-refractivity contribution in [3.05, 3.63) is 17.0 Å². The van der Waals surface area contributed by atoms with Crippen LogP contribution in [0.15, 0.2) is 12.1 Å². The summed E-state index contributed by atoms with van der Waals surface area (Å²) in [5, 5.41) is 0.487. The molecular formula is C5H6O3PS+. The van der Waals surface area contributed by atoms with Crippen LogP contribution < -0.4 is 4.52 Å². The first-order chi connectivity index (χ1) is 4.68. The lowest BCUT2D eigenvalue weighted by Crippen LogP contribution is -1.72. The topological polar surface area (TPSA) is 46.5 Å². The SMILES string of the molecule is Cc1ccc(O[P+](=O)O)s1. The fraction of sp³-hybridized carbons (Fsp3) is 0.200. The van der Waals surface area contributed by atoms with Crippen LogP contribution in [0.5, 0.6) is 5.06 Å². The largest absolute Gasteiger partial charge is 0.748 e. The van der Waals surface area contributed by atoms with E-state index in [-0.39, 0.29) is 0 Å². The molecule has 54 valence electrons. The van der Waals surface area contributed by atoms with E-state index in [9.17, 15) is 4.57 Å². The molecule has 1 heterocycles. The molecule has 3 nitrogen and oxygen atoms in total. The van der Waals surface area contributed by atoms with Gasteiger partial charge in [0.15, 0.2) is 0 Å². The number of hydrogen-bond donors (Lipinski definition) is 1. The van der Waals surface area contributed by atoms with Gasteiger partial charge < -0.3 is 0 Å². The highest BCUT2D eigenvalue weighted by atomic mass is 32.1. The lowest BCUT2D eigenvalue weighted by Gasteiger charge is -1.78. The molecule has 0 saturated heterocycles. The van der Waals surface area contributed by atoms with Crippen LogP contribution in [-0.2, 0) is 4.57 Å². The molecule has 0 fully saturated rings. The molecule has 0 saturated carbocycles. The summed E-state index contributed by atoms with van der Waals surface area (Å²) in [4.78, 5) is 9.37. The van der Waals surface area contributed by atoms with Gasteiger partial charge in [-0.1, -0.05) is 11.3 Å². The summed E-state index contributed by atoms with van der Waals surface area (Å²) in [7, 11) is -2.50. The van der Waals surface area contributed by atoms with Gasteiger partial charge in [0.05, 0.1) is 0 Å². The predicted molar refractivity (Wildman–Crippen MR) is 39.5 cm³/mol. The Morgan fingerprint density at radius 2 is 2.40 bits per heavy atom. The smallest absolute Gasteiger partial charge is 0.218 e. The Bertz CT molecular complexity index is 245. The Morgan fingerprint density at radius 3 is 2.80 bits per heavy atom. The van der Waals surface area contributed by atoms with Crippen LogP contribution in [0.2, 0.25) is 0 Å². The Kier molecular flexibility index (Phi) is 2.38. The maximum absolute atomic E-state index is 10.1. The summed E-state index contributed by atoms with van der Waals surface area (Å²) in [6.45, 7) is 1.90. The van der Waals surface area contributed by atoms with Crippen LogP contribution in [0.4, 0.5) is 0 Å². The second-order valence-electron chi connectivity index (χ2n) is 1.69. The summed E-state index contributed by atoms with van der Waals surface area (Å²) in [5.41, 5.74) is 0. The Labute approximate surface area is 63.2 Å². The molecule has 0 aliphatic rings. The van der Waals surface area contributed by atoms with Crippen LogP contribution in [0, 0.1) is 6.92 Å². The van der Waals surface area contributed by atoms with Crippen molar-refractivity contribution in [1.29, 1.82) is 0 Å². The second kappa shape index (κ2) is 3.10. The van der Waals surface area contributed by atoms with Crippen molar-refractivity contribution >= 4 is 19.6 Å². The zero-order valence-corrected chi connectivity index (χ0v) is 6.98. The highest BCUT2D eigenvalue weighted by Gasteiger charge is 2.14. The third kappa shape index (κ3) is 2.06. The quantitative estimate of drug-likeness (QED) is 0.703. The summed E-state index contributed by atoms with van der Waals surface area (Å²) >= 11 is 1.35. The van der Waals surface area contributed by atoms with Crippen molar-refractivity contribution in [1.82, 2.24) is 0 Å². The first kappa shape index (κ1) is 7.66. The van der Waals surface area contributed by atoms with Gasteiger partial charge in [-0.05, 0) is 19.1 Å². The maximum Gasteiger partial charge on any atom is 0.748 e. The number of hydrogen-bond acceptors (Lipinski definition) is 3. The minimum atomic E-state index is -2.50. The van der Waals surface area contributed by atoms with Gasteiger partial charge in [-0.25, -0.2) is 4.52 Å². The van der Waals surface area contributed by atoms with Crippen molar-refractivity contribution in [3.63, 3.8) is 0 Å². The first-order valence-corrected chi connectivity index (χ1v) is 4.53. The van der Waals surface area contributed by atoms with Crippen LogP contribution in [0.3, 0.4) is 0 Å². The molecule has 0 amide bonds. The summed E-state index contributed by atoms with van der Waals surface area (Å²) in [5.74, 6) is 0. The third-order valence-electron chi connectivity index (χ3n) is 0.884. The second-order valence-corrected chi connectivity index (χ2v) is 3.60. The van der Waals surface area contributed by atoms with Crippen LogP contribution >= 0.6 is 19.6 Å². The molecule has 5 heteroatoms. The number of rotatable bonds is 2. The van der Waals surface area contributed by atoms with Gasteiger partial charge in [-0.3, -0.25) is 0 Å². The molecule has 10 heavy (non-hydrogen) atoms. The molecule has 0 aliphatic heterocycles. The van der Waals surface area contributed by atoms with Gasteiger partial charge in [0, 0.05) is 9.44 Å². The number of aryl methyl sites for hydroxylation is 1. The van der Waals surface area contributed by atoms with Gasteiger partial charge in [0.25, 0.3) is 0 Å². The van der Waals surface area contributed by atoms with E-state index in [4.69, 9.17) is 4.89 Å². The molecule has 1 aromatic heterocycles. The van der Waals surface area contributed by atoms with Crippen LogP contribution in [0.1, 0.15) is 4.88 Å². The van der Waals surface area contributed by atoms with E-state index in [1.54, 1.807) is 6.07 Å². The summed E-state index contributed by atoms with van der Waals surface area (Å²) in [6, 6.07) is 3.50. The van der Waals surface area contributed by atoms with E-state index >= 15 is 0 Å². The zero-order chi connectivity index (χ0) is 7.56. The molecule has 0 aliphatic carbocycles. The monoisotopic (exact) mass is 177 g/mol. The molecule has 0 radical (unpaired) electrons. The minimum absolute atomic E-state index is 0.487. The maximum atomic E-state index is 10.1. The van der Waals surface area contributed by atoms with Gasteiger partial charge in [-0.2, -0.15) is 0 Å². The fourth-order valence-corrected chi connectivity index (χ4v) is 1.68. The average Bonchev–Trinajstić information content (AvgIpc) is 2.13. The molecule has 0 aromatic carbocycles. The lowest BCUT2D eigenvalue weighted by atomic mass is 10.5. The first-order valence-electron chi connectivity index (χ1n) is 2.59. The zero-order valence-electron chi connectivity index (χ0n) is 5.27. The molecular weight excluding hydrogens is 171 g/mol. The van der Waals surface area contributed by atoms with E-state index in [1.807, 2.05) is 13.0 Å². The highest BCUT2D eigenvalue weighted by Crippen LogP contribution is 2.29. The van der Waals surface area contributed by atoms with Crippen LogP contribution in [0.25, 0.3) is 0 Å². The average molecular weight is 177 g/mol. The Hall–Kier alpha value is -0.440.